The highest BCUT2D eigenvalue weighted by Crippen LogP contribution is 2.30. The smallest absolute Gasteiger partial charge is 0.261 e. The van der Waals surface area contributed by atoms with Crippen molar-refractivity contribution in [1.29, 1.82) is 0 Å². The van der Waals surface area contributed by atoms with E-state index in [2.05, 4.69) is 13.0 Å². The Morgan fingerprint density at radius 3 is 2.33 bits per heavy atom. The number of carbonyl (C=O) groups excluding carboxylic acids is 3. The highest BCUT2D eigenvalue weighted by Gasteiger charge is 2.35. The van der Waals surface area contributed by atoms with Crippen LogP contribution in [-0.4, -0.2) is 35.7 Å². The van der Waals surface area contributed by atoms with Crippen molar-refractivity contribution in [3.63, 3.8) is 0 Å². The maximum absolute atomic E-state index is 12.8. The number of carbonyl (C=O) groups is 3. The van der Waals surface area contributed by atoms with Crippen LogP contribution in [0.2, 0.25) is 0 Å². The SMILES string of the molecule is CC1Cc2ccccc2N(C(=O)CCCN2C(=O)c3ccccc3C2=O)C1. The van der Waals surface area contributed by atoms with Gasteiger partial charge >= 0.3 is 0 Å². The Morgan fingerprint density at radius 1 is 1.00 bits per heavy atom. The van der Waals surface area contributed by atoms with E-state index in [9.17, 15) is 14.4 Å². The molecule has 0 N–H and O–H groups in total. The van der Waals surface area contributed by atoms with Crippen LogP contribution in [0.3, 0.4) is 0 Å². The van der Waals surface area contributed by atoms with E-state index in [1.807, 2.05) is 23.1 Å². The summed E-state index contributed by atoms with van der Waals surface area (Å²) in [6.07, 6.45) is 1.76. The molecule has 138 valence electrons. The molecule has 0 aromatic heterocycles. The van der Waals surface area contributed by atoms with Gasteiger partial charge in [-0.3, -0.25) is 19.3 Å². The molecule has 27 heavy (non-hydrogen) atoms. The van der Waals surface area contributed by atoms with E-state index in [0.29, 0.717) is 36.4 Å². The summed E-state index contributed by atoms with van der Waals surface area (Å²) in [5.74, 6) is -0.0642. The molecule has 2 aromatic carbocycles. The van der Waals surface area contributed by atoms with Crippen LogP contribution in [0.4, 0.5) is 5.69 Å². The van der Waals surface area contributed by atoms with E-state index in [1.54, 1.807) is 24.3 Å². The maximum atomic E-state index is 12.8. The molecule has 2 aliphatic rings. The summed E-state index contributed by atoms with van der Waals surface area (Å²) in [5, 5.41) is 0. The lowest BCUT2D eigenvalue weighted by atomic mass is 9.93. The lowest BCUT2D eigenvalue weighted by Gasteiger charge is -2.33. The number of rotatable bonds is 4. The van der Waals surface area contributed by atoms with Crippen LogP contribution in [0.1, 0.15) is 46.0 Å². The van der Waals surface area contributed by atoms with Crippen LogP contribution in [0, 0.1) is 5.92 Å². The molecule has 1 unspecified atom stereocenters. The summed E-state index contributed by atoms with van der Waals surface area (Å²) in [7, 11) is 0. The van der Waals surface area contributed by atoms with E-state index in [0.717, 1.165) is 12.1 Å². The monoisotopic (exact) mass is 362 g/mol. The summed E-state index contributed by atoms with van der Waals surface area (Å²) in [5.41, 5.74) is 3.09. The first-order valence-corrected chi connectivity index (χ1v) is 9.39. The van der Waals surface area contributed by atoms with Crippen LogP contribution < -0.4 is 4.90 Å². The average Bonchev–Trinajstić information content (AvgIpc) is 2.92. The lowest BCUT2D eigenvalue weighted by Crippen LogP contribution is -2.39. The molecule has 3 amide bonds. The van der Waals surface area contributed by atoms with Gasteiger partial charge in [0.05, 0.1) is 11.1 Å². The maximum Gasteiger partial charge on any atom is 0.261 e. The molecule has 0 saturated heterocycles. The Kier molecular flexibility index (Phi) is 4.52. The van der Waals surface area contributed by atoms with Crippen molar-refractivity contribution in [1.82, 2.24) is 4.90 Å². The zero-order valence-electron chi connectivity index (χ0n) is 15.4. The van der Waals surface area contributed by atoms with Crippen molar-refractivity contribution in [2.24, 2.45) is 5.92 Å². The third-order valence-electron chi connectivity index (χ3n) is 5.30. The average molecular weight is 362 g/mol. The van der Waals surface area contributed by atoms with E-state index < -0.39 is 0 Å². The van der Waals surface area contributed by atoms with Crippen molar-refractivity contribution in [3.8, 4) is 0 Å². The fourth-order valence-corrected chi connectivity index (χ4v) is 4.00. The van der Waals surface area contributed by atoms with Gasteiger partial charge in [0.15, 0.2) is 0 Å². The van der Waals surface area contributed by atoms with E-state index >= 15 is 0 Å². The summed E-state index contributed by atoms with van der Waals surface area (Å²) in [4.78, 5) is 40.7. The molecule has 0 bridgehead atoms. The number of benzene rings is 2. The second-order valence-electron chi connectivity index (χ2n) is 7.35. The van der Waals surface area contributed by atoms with Crippen molar-refractivity contribution < 1.29 is 14.4 Å². The third kappa shape index (κ3) is 3.14. The molecule has 0 spiro atoms. The molecule has 2 aliphatic heterocycles. The van der Waals surface area contributed by atoms with Gasteiger partial charge < -0.3 is 4.90 Å². The molecule has 0 saturated carbocycles. The molecular weight excluding hydrogens is 340 g/mol. The molecule has 0 radical (unpaired) electrons. The summed E-state index contributed by atoms with van der Waals surface area (Å²) in [6, 6.07) is 14.9. The number of para-hydroxylation sites is 1. The van der Waals surface area contributed by atoms with E-state index in [1.165, 1.54) is 10.5 Å². The van der Waals surface area contributed by atoms with Crippen molar-refractivity contribution in [2.75, 3.05) is 18.0 Å². The van der Waals surface area contributed by atoms with E-state index in [-0.39, 0.29) is 24.3 Å². The summed E-state index contributed by atoms with van der Waals surface area (Å²) < 4.78 is 0. The summed E-state index contributed by atoms with van der Waals surface area (Å²) >= 11 is 0. The number of hydrogen-bond acceptors (Lipinski definition) is 3. The number of imide groups is 1. The number of fused-ring (bicyclic) bond motifs is 2. The molecule has 2 heterocycles. The standard InChI is InChI=1S/C22H22N2O3/c1-15-13-16-7-2-5-10-19(16)24(14-15)20(25)11-6-12-23-21(26)17-8-3-4-9-18(17)22(23)27/h2-5,7-10,15H,6,11-14H2,1H3. The van der Waals surface area contributed by atoms with E-state index in [4.69, 9.17) is 0 Å². The Morgan fingerprint density at radius 2 is 1.63 bits per heavy atom. The molecule has 5 nitrogen and oxygen atoms in total. The Hall–Kier alpha value is -2.95. The van der Waals surface area contributed by atoms with Gasteiger partial charge in [0.2, 0.25) is 5.91 Å². The van der Waals surface area contributed by atoms with Crippen molar-refractivity contribution >= 4 is 23.4 Å². The molecule has 2 aromatic rings. The minimum Gasteiger partial charge on any atom is -0.312 e. The predicted octanol–water partition coefficient (Wildman–Crippen LogP) is 3.29. The zero-order valence-corrected chi connectivity index (χ0v) is 15.4. The number of hydrogen-bond donors (Lipinski definition) is 0. The number of anilines is 1. The number of amides is 3. The normalized spacial score (nSPS) is 18.5. The Bertz CT molecular complexity index is 886. The van der Waals surface area contributed by atoms with Gasteiger partial charge in [0.1, 0.15) is 0 Å². The van der Waals surface area contributed by atoms with Crippen LogP contribution in [0.5, 0.6) is 0 Å². The first-order valence-electron chi connectivity index (χ1n) is 9.39. The van der Waals surface area contributed by atoms with Crippen LogP contribution >= 0.6 is 0 Å². The third-order valence-corrected chi connectivity index (χ3v) is 5.30. The number of nitrogens with zero attached hydrogens (tertiary/aromatic N) is 2. The zero-order chi connectivity index (χ0) is 19.0. The fourth-order valence-electron chi connectivity index (χ4n) is 4.00. The molecule has 1 atom stereocenters. The van der Waals surface area contributed by atoms with Crippen LogP contribution in [0.15, 0.2) is 48.5 Å². The Balaban J connectivity index is 1.40. The first-order chi connectivity index (χ1) is 13.1. The minimum absolute atomic E-state index is 0.0469. The molecular formula is C22H22N2O3. The van der Waals surface area contributed by atoms with Gasteiger partial charge in [-0.15, -0.1) is 0 Å². The quantitative estimate of drug-likeness (QED) is 0.784. The minimum atomic E-state index is -0.264. The second-order valence-corrected chi connectivity index (χ2v) is 7.35. The second kappa shape index (κ2) is 6.99. The molecule has 0 aliphatic carbocycles. The van der Waals surface area contributed by atoms with Gasteiger partial charge in [-0.2, -0.15) is 0 Å². The highest BCUT2D eigenvalue weighted by molar-refractivity contribution is 6.21. The predicted molar refractivity (Wildman–Crippen MR) is 103 cm³/mol. The molecule has 0 fully saturated rings. The van der Waals surface area contributed by atoms with Gasteiger partial charge in [0.25, 0.3) is 11.8 Å². The molecule has 4 rings (SSSR count). The van der Waals surface area contributed by atoms with Crippen LogP contribution in [0.25, 0.3) is 0 Å². The van der Waals surface area contributed by atoms with Crippen molar-refractivity contribution in [3.05, 3.63) is 65.2 Å². The highest BCUT2D eigenvalue weighted by atomic mass is 16.2. The van der Waals surface area contributed by atoms with Crippen molar-refractivity contribution in [2.45, 2.75) is 26.2 Å². The van der Waals surface area contributed by atoms with Gasteiger partial charge in [-0.1, -0.05) is 37.3 Å². The summed E-state index contributed by atoms with van der Waals surface area (Å²) in [6.45, 7) is 3.13. The lowest BCUT2D eigenvalue weighted by molar-refractivity contribution is -0.119. The van der Waals surface area contributed by atoms with Gasteiger partial charge in [0, 0.05) is 25.2 Å². The van der Waals surface area contributed by atoms with Gasteiger partial charge in [-0.05, 0) is 42.5 Å². The van der Waals surface area contributed by atoms with Gasteiger partial charge in [-0.25, -0.2) is 0 Å². The Labute approximate surface area is 158 Å². The topological polar surface area (TPSA) is 57.7 Å². The first kappa shape index (κ1) is 17.5. The fraction of sp³-hybridized carbons (Fsp3) is 0.318. The molecule has 5 heteroatoms. The van der Waals surface area contributed by atoms with Crippen LogP contribution in [-0.2, 0) is 11.2 Å². The largest absolute Gasteiger partial charge is 0.312 e.